The Kier molecular flexibility index (Phi) is 8.08. The third-order valence-electron chi connectivity index (χ3n) is 7.64. The van der Waals surface area contributed by atoms with Crippen molar-refractivity contribution in [2.75, 3.05) is 30.9 Å². The van der Waals surface area contributed by atoms with E-state index in [1.54, 1.807) is 6.07 Å². The minimum Gasteiger partial charge on any atom is -0.573 e. The van der Waals surface area contributed by atoms with Crippen LogP contribution >= 0.6 is 0 Å². The van der Waals surface area contributed by atoms with Gasteiger partial charge in [0.1, 0.15) is 35.6 Å². The molecule has 2 saturated heterocycles. The lowest BCUT2D eigenvalue weighted by atomic mass is 9.91. The first-order chi connectivity index (χ1) is 20.4. The summed E-state index contributed by atoms with van der Waals surface area (Å²) in [5.74, 6) is -0.646. The Balaban J connectivity index is 1.28. The molecule has 4 aromatic rings. The fourth-order valence-corrected chi connectivity index (χ4v) is 6.42. The molecular formula is C30H28F2N6O3S. The van der Waals surface area contributed by atoms with Crippen LogP contribution in [0.3, 0.4) is 0 Å². The quantitative estimate of drug-likeness (QED) is 0.298. The number of ether oxygens (including phenoxy) is 1. The van der Waals surface area contributed by atoms with E-state index in [2.05, 4.69) is 15.0 Å². The van der Waals surface area contributed by atoms with Crippen LogP contribution in [-0.2, 0) is 11.5 Å². The highest BCUT2D eigenvalue weighted by Gasteiger charge is 2.32. The van der Waals surface area contributed by atoms with Crippen molar-refractivity contribution in [3.8, 4) is 23.3 Å². The first-order valence-corrected chi connectivity index (χ1v) is 14.8. The molecule has 0 amide bonds. The van der Waals surface area contributed by atoms with Gasteiger partial charge in [-0.1, -0.05) is 12.1 Å². The first kappa shape index (κ1) is 28.1. The lowest BCUT2D eigenvalue weighted by Crippen LogP contribution is -2.34. The number of hydrogen-bond acceptors (Lipinski definition) is 8. The molecule has 216 valence electrons. The van der Waals surface area contributed by atoms with E-state index in [-0.39, 0.29) is 53.2 Å². The van der Waals surface area contributed by atoms with Gasteiger partial charge in [0.25, 0.3) is 5.56 Å². The highest BCUT2D eigenvalue weighted by atomic mass is 32.2. The molecular weight excluding hydrogens is 562 g/mol. The molecule has 2 N–H and O–H groups in total. The molecule has 3 atom stereocenters. The fourth-order valence-electron chi connectivity index (χ4n) is 5.36. The largest absolute Gasteiger partial charge is 0.573 e. The fraction of sp³-hybridized carbons (Fsp3) is 0.300. The number of nitrogens with one attached hydrogen (secondary N) is 2. The molecule has 9 nitrogen and oxygen atoms in total. The SMILES string of the molecule is N#Cc1c(N[S+]([O-])N2CCC(F)C2)ccc(F)c1Oc1ccc2ncn(-c3ccc(C4CCCNC4)cc3)c(=O)c2c1. The summed E-state index contributed by atoms with van der Waals surface area (Å²) in [6.07, 6.45) is 2.90. The Labute approximate surface area is 244 Å². The number of hydrogen-bond donors (Lipinski definition) is 2. The zero-order chi connectivity index (χ0) is 29.2. The zero-order valence-corrected chi connectivity index (χ0v) is 23.4. The van der Waals surface area contributed by atoms with E-state index in [0.29, 0.717) is 17.1 Å². The molecule has 3 aromatic carbocycles. The molecule has 0 aliphatic carbocycles. The third kappa shape index (κ3) is 5.69. The van der Waals surface area contributed by atoms with Crippen LogP contribution in [0.1, 0.15) is 36.3 Å². The molecule has 12 heteroatoms. The van der Waals surface area contributed by atoms with E-state index < -0.39 is 23.5 Å². The van der Waals surface area contributed by atoms with Crippen molar-refractivity contribution in [2.45, 2.75) is 31.4 Å². The number of halogens is 2. The second kappa shape index (κ2) is 12.1. The highest BCUT2D eigenvalue weighted by molar-refractivity contribution is 7.90. The van der Waals surface area contributed by atoms with Crippen molar-refractivity contribution >= 4 is 28.1 Å². The summed E-state index contributed by atoms with van der Waals surface area (Å²) in [5, 5.41) is 13.5. The summed E-state index contributed by atoms with van der Waals surface area (Å²) >= 11 is -1.83. The number of piperidine rings is 1. The van der Waals surface area contributed by atoms with Crippen molar-refractivity contribution in [3.05, 3.63) is 88.2 Å². The van der Waals surface area contributed by atoms with Gasteiger partial charge in [0.2, 0.25) is 0 Å². The number of rotatable bonds is 7. The first-order valence-electron chi connectivity index (χ1n) is 13.7. The molecule has 0 radical (unpaired) electrons. The van der Waals surface area contributed by atoms with E-state index in [1.807, 2.05) is 30.3 Å². The van der Waals surface area contributed by atoms with Gasteiger partial charge in [-0.3, -0.25) is 9.36 Å². The van der Waals surface area contributed by atoms with Crippen LogP contribution in [0, 0.1) is 17.1 Å². The van der Waals surface area contributed by atoms with Crippen molar-refractivity contribution in [3.63, 3.8) is 0 Å². The van der Waals surface area contributed by atoms with Crippen LogP contribution in [0.5, 0.6) is 11.5 Å². The standard InChI is InChI=1S/C30H28F2N6O3S/c31-21-11-13-37(17-21)42(40)36-28-10-8-26(32)29(25(28)15-33)41-23-7-9-27-24(14-23)30(39)38(18-35-27)22-5-3-19(4-6-22)20-2-1-12-34-16-20/h3-10,14,18,20-21,34,36H,1-2,11-13,16-17H2. The number of anilines is 1. The average Bonchev–Trinajstić information content (AvgIpc) is 3.46. The summed E-state index contributed by atoms with van der Waals surface area (Å²) in [5.41, 5.74) is 1.84. The minimum absolute atomic E-state index is 0.00313. The summed E-state index contributed by atoms with van der Waals surface area (Å²) in [6.45, 7) is 2.25. The van der Waals surface area contributed by atoms with Crippen molar-refractivity contribution in [1.29, 1.82) is 5.26 Å². The van der Waals surface area contributed by atoms with Gasteiger partial charge in [0.15, 0.2) is 23.1 Å². The topological polar surface area (TPSA) is 118 Å². The summed E-state index contributed by atoms with van der Waals surface area (Å²) in [6, 6.07) is 16.7. The molecule has 3 unspecified atom stereocenters. The molecule has 2 aliphatic heterocycles. The third-order valence-corrected chi connectivity index (χ3v) is 8.83. The Morgan fingerprint density at radius 2 is 2.00 bits per heavy atom. The van der Waals surface area contributed by atoms with Crippen molar-refractivity contribution < 1.29 is 18.1 Å². The lowest BCUT2D eigenvalue weighted by molar-refractivity contribution is 0.343. The van der Waals surface area contributed by atoms with Gasteiger partial charge in [0.05, 0.1) is 23.1 Å². The summed E-state index contributed by atoms with van der Waals surface area (Å²) in [4.78, 5) is 17.9. The zero-order valence-electron chi connectivity index (χ0n) is 22.6. The lowest BCUT2D eigenvalue weighted by Gasteiger charge is -2.23. The average molecular weight is 591 g/mol. The second-order valence-electron chi connectivity index (χ2n) is 10.4. The van der Waals surface area contributed by atoms with Crippen LogP contribution < -0.4 is 20.3 Å². The normalized spacial score (nSPS) is 19.9. The van der Waals surface area contributed by atoms with E-state index in [4.69, 9.17) is 4.74 Å². The predicted molar refractivity (Wildman–Crippen MR) is 156 cm³/mol. The number of benzene rings is 3. The molecule has 42 heavy (non-hydrogen) atoms. The number of fused-ring (bicyclic) bond motifs is 1. The van der Waals surface area contributed by atoms with E-state index >= 15 is 0 Å². The Morgan fingerprint density at radius 3 is 2.71 bits per heavy atom. The van der Waals surface area contributed by atoms with Crippen LogP contribution in [0.15, 0.2) is 65.7 Å². The number of aromatic nitrogens is 2. The van der Waals surface area contributed by atoms with E-state index in [9.17, 15) is 23.4 Å². The van der Waals surface area contributed by atoms with Crippen LogP contribution in [0.4, 0.5) is 14.5 Å². The monoisotopic (exact) mass is 590 g/mol. The van der Waals surface area contributed by atoms with Gasteiger partial charge in [-0.15, -0.1) is 4.31 Å². The summed E-state index contributed by atoms with van der Waals surface area (Å²) < 4.78 is 52.5. The minimum atomic E-state index is -1.83. The van der Waals surface area contributed by atoms with Crippen molar-refractivity contribution in [2.24, 2.45) is 0 Å². The smallest absolute Gasteiger partial charge is 0.265 e. The van der Waals surface area contributed by atoms with Gasteiger partial charge in [-0.2, -0.15) is 9.98 Å². The number of nitrogens with zero attached hydrogens (tertiary/aromatic N) is 4. The van der Waals surface area contributed by atoms with Crippen molar-refractivity contribution in [1.82, 2.24) is 19.2 Å². The van der Waals surface area contributed by atoms with Gasteiger partial charge >= 0.3 is 0 Å². The molecule has 0 bridgehead atoms. The summed E-state index contributed by atoms with van der Waals surface area (Å²) in [7, 11) is 0. The number of alkyl halides is 1. The van der Waals surface area contributed by atoms with Crippen LogP contribution in [0.2, 0.25) is 0 Å². The predicted octanol–water partition coefficient (Wildman–Crippen LogP) is 4.69. The Morgan fingerprint density at radius 1 is 1.17 bits per heavy atom. The highest BCUT2D eigenvalue weighted by Crippen LogP contribution is 2.34. The molecule has 1 aromatic heterocycles. The second-order valence-corrected chi connectivity index (χ2v) is 11.6. The van der Waals surface area contributed by atoms with Gasteiger partial charge < -0.3 is 14.6 Å². The van der Waals surface area contributed by atoms with Crippen LogP contribution in [0.25, 0.3) is 16.6 Å². The Bertz CT molecular complexity index is 1700. The number of nitriles is 1. The van der Waals surface area contributed by atoms with Gasteiger partial charge in [-0.05, 0) is 79.8 Å². The molecule has 2 fully saturated rings. The maximum atomic E-state index is 14.9. The molecule has 6 rings (SSSR count). The van der Waals surface area contributed by atoms with E-state index in [0.717, 1.165) is 32.0 Å². The van der Waals surface area contributed by atoms with Gasteiger partial charge in [0, 0.05) is 13.1 Å². The maximum absolute atomic E-state index is 14.9. The molecule has 0 saturated carbocycles. The van der Waals surface area contributed by atoms with E-state index in [1.165, 1.54) is 39.0 Å². The Hall–Kier alpha value is -4.02. The molecule has 0 spiro atoms. The van der Waals surface area contributed by atoms with Crippen LogP contribution in [-0.4, -0.2) is 50.8 Å². The molecule has 2 aliphatic rings. The molecule has 3 heterocycles. The van der Waals surface area contributed by atoms with Gasteiger partial charge in [-0.25, -0.2) is 13.8 Å². The maximum Gasteiger partial charge on any atom is 0.265 e.